The first-order valence-electron chi connectivity index (χ1n) is 6.22. The average Bonchev–Trinajstić information content (AvgIpc) is 2.33. The molecule has 0 aliphatic heterocycles. The van der Waals surface area contributed by atoms with Gasteiger partial charge in [0.2, 0.25) is 0 Å². The van der Waals surface area contributed by atoms with Crippen molar-refractivity contribution in [2.75, 3.05) is 29.7 Å². The maximum absolute atomic E-state index is 13.5. The number of nitrogen functional groups attached to an aromatic ring is 1. The Morgan fingerprint density at radius 2 is 2.21 bits per heavy atom. The molecule has 0 aromatic heterocycles. The normalized spacial score (nSPS) is 13.9. The van der Waals surface area contributed by atoms with Crippen molar-refractivity contribution in [1.29, 1.82) is 0 Å². The van der Waals surface area contributed by atoms with E-state index in [-0.39, 0.29) is 11.8 Å². The lowest BCUT2D eigenvalue weighted by atomic mass is 10.2. The van der Waals surface area contributed by atoms with Crippen molar-refractivity contribution >= 4 is 22.2 Å². The Morgan fingerprint density at radius 1 is 1.53 bits per heavy atom. The van der Waals surface area contributed by atoms with E-state index in [9.17, 15) is 8.60 Å². The monoisotopic (exact) mass is 288 g/mol. The SMILES string of the molecule is CCOc1cc(NC(C)CCS(C)=O)c(N)cc1F. The quantitative estimate of drug-likeness (QED) is 0.756. The zero-order valence-electron chi connectivity index (χ0n) is 11.5. The number of anilines is 2. The fraction of sp³-hybridized carbons (Fsp3) is 0.538. The van der Waals surface area contributed by atoms with E-state index in [0.717, 1.165) is 6.42 Å². The highest BCUT2D eigenvalue weighted by Gasteiger charge is 2.11. The van der Waals surface area contributed by atoms with Gasteiger partial charge in [0.05, 0.1) is 18.0 Å². The molecule has 1 aromatic rings. The van der Waals surface area contributed by atoms with Gasteiger partial charge in [0.15, 0.2) is 11.6 Å². The van der Waals surface area contributed by atoms with Crippen molar-refractivity contribution in [3.05, 3.63) is 17.9 Å². The predicted molar refractivity (Wildman–Crippen MR) is 78.6 cm³/mol. The summed E-state index contributed by atoms with van der Waals surface area (Å²) >= 11 is 0. The molecule has 0 spiro atoms. The molecule has 0 amide bonds. The summed E-state index contributed by atoms with van der Waals surface area (Å²) in [5, 5.41) is 3.19. The minimum absolute atomic E-state index is 0.103. The van der Waals surface area contributed by atoms with E-state index in [1.165, 1.54) is 6.07 Å². The average molecular weight is 288 g/mol. The van der Waals surface area contributed by atoms with Crippen molar-refractivity contribution in [2.24, 2.45) is 0 Å². The Balaban J connectivity index is 2.76. The third kappa shape index (κ3) is 5.06. The molecule has 0 radical (unpaired) electrons. The molecule has 19 heavy (non-hydrogen) atoms. The second-order valence-corrected chi connectivity index (χ2v) is 5.97. The van der Waals surface area contributed by atoms with Gasteiger partial charge in [-0.3, -0.25) is 4.21 Å². The lowest BCUT2D eigenvalue weighted by Gasteiger charge is -2.17. The number of rotatable bonds is 7. The van der Waals surface area contributed by atoms with Crippen LogP contribution in [-0.4, -0.2) is 28.9 Å². The molecule has 0 saturated carbocycles. The van der Waals surface area contributed by atoms with Crippen molar-refractivity contribution in [1.82, 2.24) is 0 Å². The lowest BCUT2D eigenvalue weighted by molar-refractivity contribution is 0.322. The van der Waals surface area contributed by atoms with E-state index in [1.54, 1.807) is 19.2 Å². The molecule has 4 nitrogen and oxygen atoms in total. The molecular formula is C13H21FN2O2S. The Hall–Kier alpha value is -1.30. The second kappa shape index (κ2) is 7.33. The molecule has 6 heteroatoms. The lowest BCUT2D eigenvalue weighted by Crippen LogP contribution is -2.19. The number of hydrogen-bond donors (Lipinski definition) is 2. The molecular weight excluding hydrogens is 267 g/mol. The van der Waals surface area contributed by atoms with Crippen LogP contribution in [-0.2, 0) is 10.8 Å². The highest BCUT2D eigenvalue weighted by molar-refractivity contribution is 7.84. The van der Waals surface area contributed by atoms with Crippen LogP contribution in [0.25, 0.3) is 0 Å². The predicted octanol–water partition coefficient (Wildman–Crippen LogP) is 2.38. The first kappa shape index (κ1) is 15.8. The van der Waals surface area contributed by atoms with Crippen LogP contribution in [0.2, 0.25) is 0 Å². The molecule has 0 saturated heterocycles. The van der Waals surface area contributed by atoms with Crippen molar-refractivity contribution in [3.8, 4) is 5.75 Å². The van der Waals surface area contributed by atoms with Crippen LogP contribution in [0.3, 0.4) is 0 Å². The summed E-state index contributed by atoms with van der Waals surface area (Å²) in [5.74, 6) is 0.339. The van der Waals surface area contributed by atoms with Crippen molar-refractivity contribution in [3.63, 3.8) is 0 Å². The molecule has 0 aliphatic rings. The van der Waals surface area contributed by atoms with Crippen molar-refractivity contribution < 1.29 is 13.3 Å². The highest BCUT2D eigenvalue weighted by Crippen LogP contribution is 2.29. The van der Waals surface area contributed by atoms with Crippen LogP contribution in [0.1, 0.15) is 20.3 Å². The number of ether oxygens (including phenoxy) is 1. The van der Waals surface area contributed by atoms with Gasteiger partial charge in [-0.25, -0.2) is 4.39 Å². The maximum Gasteiger partial charge on any atom is 0.167 e. The summed E-state index contributed by atoms with van der Waals surface area (Å²) in [4.78, 5) is 0. The van der Waals surface area contributed by atoms with Gasteiger partial charge in [0.25, 0.3) is 0 Å². The second-order valence-electron chi connectivity index (χ2n) is 4.41. The van der Waals surface area contributed by atoms with Gasteiger partial charge in [-0.1, -0.05) is 0 Å². The van der Waals surface area contributed by atoms with E-state index in [0.29, 0.717) is 23.7 Å². The largest absolute Gasteiger partial charge is 0.491 e. The van der Waals surface area contributed by atoms with E-state index >= 15 is 0 Å². The first-order chi connectivity index (χ1) is 8.93. The zero-order valence-corrected chi connectivity index (χ0v) is 12.3. The molecule has 1 rings (SSSR count). The van der Waals surface area contributed by atoms with E-state index in [1.807, 2.05) is 6.92 Å². The third-order valence-electron chi connectivity index (χ3n) is 2.64. The minimum atomic E-state index is -0.817. The van der Waals surface area contributed by atoms with Crippen LogP contribution in [0.5, 0.6) is 5.75 Å². The number of hydrogen-bond acceptors (Lipinski definition) is 4. The minimum Gasteiger partial charge on any atom is -0.491 e. The summed E-state index contributed by atoms with van der Waals surface area (Å²) in [5.41, 5.74) is 6.75. The molecule has 0 aliphatic carbocycles. The van der Waals surface area contributed by atoms with Crippen LogP contribution in [0.4, 0.5) is 15.8 Å². The zero-order chi connectivity index (χ0) is 14.4. The van der Waals surface area contributed by atoms with Crippen LogP contribution in [0, 0.1) is 5.82 Å². The molecule has 3 N–H and O–H groups in total. The van der Waals surface area contributed by atoms with Gasteiger partial charge in [-0.2, -0.15) is 0 Å². The molecule has 108 valence electrons. The summed E-state index contributed by atoms with van der Waals surface area (Å²) in [7, 11) is -0.817. The van der Waals surface area contributed by atoms with Gasteiger partial charge >= 0.3 is 0 Å². The fourth-order valence-electron chi connectivity index (χ4n) is 1.64. The molecule has 0 fully saturated rings. The first-order valence-corrected chi connectivity index (χ1v) is 7.95. The fourth-order valence-corrected chi connectivity index (χ4v) is 2.33. The Kier molecular flexibility index (Phi) is 6.08. The van der Waals surface area contributed by atoms with Crippen LogP contribution >= 0.6 is 0 Å². The Morgan fingerprint density at radius 3 is 2.79 bits per heavy atom. The van der Waals surface area contributed by atoms with Crippen molar-refractivity contribution in [2.45, 2.75) is 26.3 Å². The molecule has 2 unspecified atom stereocenters. The van der Waals surface area contributed by atoms with E-state index in [2.05, 4.69) is 5.32 Å². The molecule has 0 bridgehead atoms. The molecule has 2 atom stereocenters. The van der Waals surface area contributed by atoms with E-state index < -0.39 is 16.6 Å². The topological polar surface area (TPSA) is 64.3 Å². The standard InChI is InChI=1S/C13H21FN2O2S/c1-4-18-13-8-12(11(15)7-10(13)14)16-9(2)5-6-19(3)17/h7-9,16H,4-6,15H2,1-3H3. The number of nitrogens with one attached hydrogen (secondary N) is 1. The number of benzene rings is 1. The number of halogens is 1. The van der Waals surface area contributed by atoms with Gasteiger partial charge < -0.3 is 15.8 Å². The van der Waals surface area contributed by atoms with Gasteiger partial charge in [0, 0.05) is 41.0 Å². The summed E-state index contributed by atoms with van der Waals surface area (Å²) in [6, 6.07) is 2.91. The third-order valence-corrected chi connectivity index (χ3v) is 3.45. The maximum atomic E-state index is 13.5. The van der Waals surface area contributed by atoms with Gasteiger partial charge in [0.1, 0.15) is 0 Å². The summed E-state index contributed by atoms with van der Waals surface area (Å²) < 4.78 is 29.8. The summed E-state index contributed by atoms with van der Waals surface area (Å²) in [6.07, 6.45) is 2.43. The molecule has 1 aromatic carbocycles. The van der Waals surface area contributed by atoms with E-state index in [4.69, 9.17) is 10.5 Å². The highest BCUT2D eigenvalue weighted by atomic mass is 32.2. The molecule has 0 heterocycles. The van der Waals surface area contributed by atoms with Crippen LogP contribution < -0.4 is 15.8 Å². The Bertz CT molecular complexity index is 455. The van der Waals surface area contributed by atoms with Gasteiger partial charge in [-0.15, -0.1) is 0 Å². The number of nitrogens with two attached hydrogens (primary N) is 1. The van der Waals surface area contributed by atoms with Gasteiger partial charge in [-0.05, 0) is 20.3 Å². The smallest absolute Gasteiger partial charge is 0.167 e. The Labute approximate surface area is 116 Å². The summed E-state index contributed by atoms with van der Waals surface area (Å²) in [6.45, 7) is 4.16. The van der Waals surface area contributed by atoms with Crippen LogP contribution in [0.15, 0.2) is 12.1 Å².